The molecule has 0 fully saturated rings. The second-order valence-electron chi connectivity index (χ2n) is 4.24. The minimum Gasteiger partial charge on any atom is -0.378 e. The van der Waals surface area contributed by atoms with E-state index in [1.165, 1.54) is 51.6 Å². The minimum absolute atomic E-state index is 1.15. The van der Waals surface area contributed by atoms with Crippen LogP contribution in [0.25, 0.3) is 0 Å². The molecule has 0 atom stereocenters. The Labute approximate surface area is 96.6 Å². The fraction of sp³-hybridized carbons (Fsp3) is 0.857. The summed E-state index contributed by atoms with van der Waals surface area (Å²) in [5, 5.41) is 0. The lowest BCUT2D eigenvalue weighted by Gasteiger charge is -2.20. The Morgan fingerprint density at radius 3 is 2.07 bits per heavy atom. The van der Waals surface area contributed by atoms with Crippen molar-refractivity contribution >= 4 is 0 Å². The van der Waals surface area contributed by atoms with Crippen LogP contribution in [0, 0.1) is 0 Å². The molecule has 0 aromatic rings. The first-order valence-electron chi connectivity index (χ1n) is 6.75. The molecule has 0 bridgehead atoms. The van der Waals surface area contributed by atoms with Crippen LogP contribution in [0.4, 0.5) is 0 Å². The topological polar surface area (TPSA) is 3.24 Å². The summed E-state index contributed by atoms with van der Waals surface area (Å²) in [5.41, 5.74) is 0. The van der Waals surface area contributed by atoms with E-state index in [1.807, 2.05) is 0 Å². The first-order valence-corrected chi connectivity index (χ1v) is 6.75. The first-order chi connectivity index (χ1) is 7.35. The number of unbranched alkanes of at least 4 members (excludes halogenated alkanes) is 4. The zero-order chi connectivity index (χ0) is 11.4. The van der Waals surface area contributed by atoms with Crippen LogP contribution in [-0.2, 0) is 0 Å². The maximum absolute atomic E-state index is 2.49. The third-order valence-electron chi connectivity index (χ3n) is 2.65. The molecule has 0 amide bonds. The molecule has 0 aliphatic heterocycles. The second-order valence-corrected chi connectivity index (χ2v) is 4.24. The Hall–Kier alpha value is -0.460. The van der Waals surface area contributed by atoms with Crippen molar-refractivity contribution < 1.29 is 0 Å². The zero-order valence-electron chi connectivity index (χ0n) is 11.0. The van der Waals surface area contributed by atoms with Gasteiger partial charge in [-0.2, -0.15) is 0 Å². The largest absolute Gasteiger partial charge is 0.378 e. The standard InChI is InChI=1S/C14H29N/c1-4-7-10-11-14-15(12-8-5-2)13-9-6-3/h8,12H,4-7,9-11,13-14H2,1-3H3/b12-8-. The Bertz CT molecular complexity index is 140. The summed E-state index contributed by atoms with van der Waals surface area (Å²) in [6.45, 7) is 9.21. The highest BCUT2D eigenvalue weighted by atomic mass is 15.1. The van der Waals surface area contributed by atoms with Gasteiger partial charge < -0.3 is 4.90 Å². The molecule has 0 unspecified atom stereocenters. The van der Waals surface area contributed by atoms with Gasteiger partial charge in [0.1, 0.15) is 0 Å². The molecule has 0 heterocycles. The molecule has 0 aromatic carbocycles. The smallest absolute Gasteiger partial charge is 0.0172 e. The van der Waals surface area contributed by atoms with Crippen molar-refractivity contribution in [1.29, 1.82) is 0 Å². The fourth-order valence-electron chi connectivity index (χ4n) is 1.62. The molecule has 1 nitrogen and oxygen atoms in total. The quantitative estimate of drug-likeness (QED) is 0.478. The van der Waals surface area contributed by atoms with Gasteiger partial charge in [-0.05, 0) is 25.5 Å². The van der Waals surface area contributed by atoms with Crippen LogP contribution in [0.3, 0.4) is 0 Å². The van der Waals surface area contributed by atoms with E-state index in [1.54, 1.807) is 0 Å². The average molecular weight is 211 g/mol. The number of hydrogen-bond donors (Lipinski definition) is 0. The van der Waals surface area contributed by atoms with Gasteiger partial charge in [-0.15, -0.1) is 0 Å². The summed E-state index contributed by atoms with van der Waals surface area (Å²) in [7, 11) is 0. The summed E-state index contributed by atoms with van der Waals surface area (Å²) < 4.78 is 0. The van der Waals surface area contributed by atoms with E-state index in [0.717, 1.165) is 6.42 Å². The van der Waals surface area contributed by atoms with Gasteiger partial charge in [-0.1, -0.05) is 52.5 Å². The maximum Gasteiger partial charge on any atom is 0.0172 e. The van der Waals surface area contributed by atoms with E-state index in [4.69, 9.17) is 0 Å². The second kappa shape index (κ2) is 11.6. The third kappa shape index (κ3) is 9.84. The van der Waals surface area contributed by atoms with E-state index in [9.17, 15) is 0 Å². The van der Waals surface area contributed by atoms with Crippen molar-refractivity contribution in [2.45, 2.75) is 65.7 Å². The molecule has 0 aliphatic carbocycles. The van der Waals surface area contributed by atoms with Crippen LogP contribution >= 0.6 is 0 Å². The average Bonchev–Trinajstić information content (AvgIpc) is 2.27. The van der Waals surface area contributed by atoms with Gasteiger partial charge in [0.15, 0.2) is 0 Å². The van der Waals surface area contributed by atoms with Crippen molar-refractivity contribution in [3.05, 3.63) is 12.3 Å². The van der Waals surface area contributed by atoms with E-state index < -0.39 is 0 Å². The van der Waals surface area contributed by atoms with Gasteiger partial charge in [-0.3, -0.25) is 0 Å². The van der Waals surface area contributed by atoms with Gasteiger partial charge in [-0.25, -0.2) is 0 Å². The van der Waals surface area contributed by atoms with Crippen molar-refractivity contribution in [3.8, 4) is 0 Å². The highest BCUT2D eigenvalue weighted by molar-refractivity contribution is 4.81. The molecule has 90 valence electrons. The Kier molecular flexibility index (Phi) is 11.3. The molecule has 0 radical (unpaired) electrons. The van der Waals surface area contributed by atoms with Crippen LogP contribution < -0.4 is 0 Å². The predicted molar refractivity (Wildman–Crippen MR) is 70.1 cm³/mol. The van der Waals surface area contributed by atoms with Gasteiger partial charge in [0.25, 0.3) is 0 Å². The lowest BCUT2D eigenvalue weighted by molar-refractivity contribution is 0.354. The molecule has 0 rings (SSSR count). The normalized spacial score (nSPS) is 11.1. The Balaban J connectivity index is 3.64. The molecule has 0 N–H and O–H groups in total. The first kappa shape index (κ1) is 14.5. The van der Waals surface area contributed by atoms with Crippen molar-refractivity contribution in [3.63, 3.8) is 0 Å². The summed E-state index contributed by atoms with van der Waals surface area (Å²) in [6.07, 6.45) is 13.8. The van der Waals surface area contributed by atoms with Crippen molar-refractivity contribution in [2.75, 3.05) is 13.1 Å². The predicted octanol–water partition coefficient (Wildman–Crippen LogP) is 4.59. The van der Waals surface area contributed by atoms with Crippen LogP contribution in [0.2, 0.25) is 0 Å². The van der Waals surface area contributed by atoms with E-state index in [2.05, 4.69) is 37.9 Å². The summed E-state index contributed by atoms with van der Waals surface area (Å²) in [6, 6.07) is 0. The minimum atomic E-state index is 1.15. The lowest BCUT2D eigenvalue weighted by Crippen LogP contribution is -2.19. The van der Waals surface area contributed by atoms with Crippen LogP contribution in [0.1, 0.15) is 65.7 Å². The zero-order valence-corrected chi connectivity index (χ0v) is 11.0. The van der Waals surface area contributed by atoms with Crippen LogP contribution in [-0.4, -0.2) is 18.0 Å². The van der Waals surface area contributed by atoms with Gasteiger partial charge >= 0.3 is 0 Å². The van der Waals surface area contributed by atoms with Gasteiger partial charge in [0.05, 0.1) is 0 Å². The molecular weight excluding hydrogens is 182 g/mol. The van der Waals surface area contributed by atoms with Crippen molar-refractivity contribution in [2.24, 2.45) is 0 Å². The van der Waals surface area contributed by atoms with Gasteiger partial charge in [0.2, 0.25) is 0 Å². The third-order valence-corrected chi connectivity index (χ3v) is 2.65. The molecule has 0 spiro atoms. The summed E-state index contributed by atoms with van der Waals surface area (Å²) >= 11 is 0. The van der Waals surface area contributed by atoms with E-state index >= 15 is 0 Å². The molecule has 0 saturated heterocycles. The van der Waals surface area contributed by atoms with Crippen molar-refractivity contribution in [1.82, 2.24) is 4.90 Å². The van der Waals surface area contributed by atoms with E-state index in [0.29, 0.717) is 0 Å². The Morgan fingerprint density at radius 1 is 0.800 bits per heavy atom. The number of rotatable bonds is 10. The van der Waals surface area contributed by atoms with E-state index in [-0.39, 0.29) is 0 Å². The molecule has 1 heteroatoms. The SMILES string of the molecule is CC/C=C\N(CCCC)CCCCCC. The monoisotopic (exact) mass is 211 g/mol. The fourth-order valence-corrected chi connectivity index (χ4v) is 1.62. The van der Waals surface area contributed by atoms with Gasteiger partial charge in [0, 0.05) is 13.1 Å². The summed E-state index contributed by atoms with van der Waals surface area (Å²) in [5.74, 6) is 0. The lowest BCUT2D eigenvalue weighted by atomic mass is 10.2. The molecule has 0 aliphatic rings. The van der Waals surface area contributed by atoms with Crippen LogP contribution in [0.15, 0.2) is 12.3 Å². The Morgan fingerprint density at radius 2 is 1.47 bits per heavy atom. The molecule has 0 saturated carbocycles. The molecule has 0 aromatic heterocycles. The highest BCUT2D eigenvalue weighted by Crippen LogP contribution is 2.04. The summed E-state index contributed by atoms with van der Waals surface area (Å²) in [4.78, 5) is 2.49. The molecular formula is C14H29N. The number of allylic oxidation sites excluding steroid dienone is 1. The maximum atomic E-state index is 2.49. The van der Waals surface area contributed by atoms with Crippen LogP contribution in [0.5, 0.6) is 0 Å². The molecule has 15 heavy (non-hydrogen) atoms. The number of nitrogens with zero attached hydrogens (tertiary/aromatic N) is 1. The highest BCUT2D eigenvalue weighted by Gasteiger charge is 1.97. The number of hydrogen-bond acceptors (Lipinski definition) is 1.